The standard InChI is InChI=1S/C11H15NS.C9H7FN2/c1-11(2)7-10(11)8-3-5-9(13-12)6-4-8;10-8-3-1-4-9(7-8)12-6-2-5-11-12/h3-6,10H,7,12H2,1-2H3;1-7H. The van der Waals surface area contributed by atoms with Crippen molar-refractivity contribution in [2.75, 3.05) is 0 Å². The molecule has 1 aliphatic carbocycles. The number of aromatic nitrogens is 2. The summed E-state index contributed by atoms with van der Waals surface area (Å²) >= 11 is 1.31. The van der Waals surface area contributed by atoms with Crippen molar-refractivity contribution in [2.24, 2.45) is 10.6 Å². The molecule has 4 rings (SSSR count). The van der Waals surface area contributed by atoms with Crippen molar-refractivity contribution in [3.63, 3.8) is 0 Å². The lowest BCUT2D eigenvalue weighted by atomic mass is 10.0. The summed E-state index contributed by atoms with van der Waals surface area (Å²) in [5, 5.41) is 9.44. The van der Waals surface area contributed by atoms with E-state index < -0.39 is 0 Å². The third-order valence-electron chi connectivity index (χ3n) is 4.51. The zero-order chi connectivity index (χ0) is 17.9. The van der Waals surface area contributed by atoms with Crippen LogP contribution in [0.2, 0.25) is 0 Å². The summed E-state index contributed by atoms with van der Waals surface area (Å²) in [6.07, 6.45) is 4.75. The highest BCUT2D eigenvalue weighted by Gasteiger charge is 2.46. The first-order valence-corrected chi connectivity index (χ1v) is 9.10. The van der Waals surface area contributed by atoms with E-state index in [1.807, 2.05) is 0 Å². The average Bonchev–Trinajstić information content (AvgIpc) is 3.02. The predicted molar refractivity (Wildman–Crippen MR) is 101 cm³/mol. The normalized spacial score (nSPS) is 17.5. The fraction of sp³-hybridized carbons (Fsp3) is 0.250. The highest BCUT2D eigenvalue weighted by molar-refractivity contribution is 7.97. The molecule has 25 heavy (non-hydrogen) atoms. The number of hydrogen-bond donors (Lipinski definition) is 1. The van der Waals surface area contributed by atoms with Gasteiger partial charge in [0, 0.05) is 17.3 Å². The lowest BCUT2D eigenvalue weighted by Crippen LogP contribution is -1.93. The fourth-order valence-electron chi connectivity index (χ4n) is 2.86. The molecule has 3 aromatic rings. The van der Waals surface area contributed by atoms with Gasteiger partial charge in [0.25, 0.3) is 0 Å². The van der Waals surface area contributed by atoms with Crippen molar-refractivity contribution >= 4 is 11.9 Å². The van der Waals surface area contributed by atoms with Crippen molar-refractivity contribution < 1.29 is 4.39 Å². The number of benzene rings is 2. The maximum Gasteiger partial charge on any atom is 0.125 e. The molecule has 1 unspecified atom stereocenters. The minimum absolute atomic E-state index is 0.247. The largest absolute Gasteiger partial charge is 0.274 e. The average molecular weight is 355 g/mol. The molecule has 0 bridgehead atoms. The first-order chi connectivity index (χ1) is 12.0. The van der Waals surface area contributed by atoms with Gasteiger partial charge in [-0.05, 0) is 71.7 Å². The Kier molecular flexibility index (Phi) is 5.25. The molecule has 2 N–H and O–H groups in total. The van der Waals surface area contributed by atoms with Gasteiger partial charge in [-0.25, -0.2) is 9.07 Å². The lowest BCUT2D eigenvalue weighted by molar-refractivity contribution is 0.621. The van der Waals surface area contributed by atoms with Crippen LogP contribution in [-0.4, -0.2) is 9.78 Å². The van der Waals surface area contributed by atoms with Crippen LogP contribution in [0, 0.1) is 11.2 Å². The molecule has 0 amide bonds. The van der Waals surface area contributed by atoms with E-state index in [-0.39, 0.29) is 5.82 Å². The summed E-state index contributed by atoms with van der Waals surface area (Å²) in [5.41, 5.74) is 2.72. The molecule has 130 valence electrons. The monoisotopic (exact) mass is 355 g/mol. The molecular weight excluding hydrogens is 333 g/mol. The molecular formula is C20H22FN3S. The molecule has 3 nitrogen and oxygen atoms in total. The second-order valence-corrected chi connectivity index (χ2v) is 7.57. The Bertz CT molecular complexity index is 813. The first-order valence-electron chi connectivity index (χ1n) is 8.22. The van der Waals surface area contributed by atoms with Gasteiger partial charge in [0.2, 0.25) is 0 Å². The number of nitrogens with two attached hydrogens (primary N) is 1. The smallest absolute Gasteiger partial charge is 0.125 e. The van der Waals surface area contributed by atoms with Crippen molar-refractivity contribution in [2.45, 2.75) is 31.1 Å². The van der Waals surface area contributed by atoms with E-state index >= 15 is 0 Å². The van der Waals surface area contributed by atoms with E-state index in [0.717, 1.165) is 16.5 Å². The van der Waals surface area contributed by atoms with Gasteiger partial charge in [0.15, 0.2) is 0 Å². The third kappa shape index (κ3) is 4.50. The Morgan fingerprint density at radius 1 is 1.16 bits per heavy atom. The van der Waals surface area contributed by atoms with Crippen LogP contribution in [0.4, 0.5) is 4.39 Å². The van der Waals surface area contributed by atoms with E-state index in [0.29, 0.717) is 5.41 Å². The summed E-state index contributed by atoms with van der Waals surface area (Å²) in [6, 6.07) is 16.7. The first kappa shape index (κ1) is 17.7. The molecule has 0 spiro atoms. The SMILES string of the molecule is CC1(C)CC1c1ccc(SN)cc1.Fc1cccc(-n2cccn2)c1. The number of rotatable bonds is 3. The summed E-state index contributed by atoms with van der Waals surface area (Å²) in [5.74, 6) is 0.521. The minimum atomic E-state index is -0.247. The van der Waals surface area contributed by atoms with E-state index in [1.54, 1.807) is 35.3 Å². The summed E-state index contributed by atoms with van der Waals surface area (Å²) in [4.78, 5) is 1.14. The van der Waals surface area contributed by atoms with Gasteiger partial charge in [-0.15, -0.1) is 0 Å². The number of nitrogens with zero attached hydrogens (tertiary/aromatic N) is 2. The van der Waals surface area contributed by atoms with Crippen molar-refractivity contribution in [1.82, 2.24) is 9.78 Å². The van der Waals surface area contributed by atoms with Crippen LogP contribution in [0.5, 0.6) is 0 Å². The zero-order valence-electron chi connectivity index (χ0n) is 14.4. The molecule has 1 aliphatic rings. The van der Waals surface area contributed by atoms with Gasteiger partial charge >= 0.3 is 0 Å². The highest BCUT2D eigenvalue weighted by atomic mass is 32.2. The second kappa shape index (κ2) is 7.42. The van der Waals surface area contributed by atoms with E-state index in [4.69, 9.17) is 5.14 Å². The number of hydrogen-bond acceptors (Lipinski definition) is 3. The predicted octanol–water partition coefficient (Wildman–Crippen LogP) is 5.18. The van der Waals surface area contributed by atoms with Gasteiger partial charge in [-0.2, -0.15) is 5.10 Å². The van der Waals surface area contributed by atoms with Crippen LogP contribution in [0.15, 0.2) is 71.9 Å². The molecule has 0 aliphatic heterocycles. The molecule has 0 saturated heterocycles. The lowest BCUT2D eigenvalue weighted by Gasteiger charge is -2.03. The van der Waals surface area contributed by atoms with Crippen molar-refractivity contribution in [3.05, 3.63) is 78.4 Å². The second-order valence-electron chi connectivity index (χ2n) is 6.86. The van der Waals surface area contributed by atoms with Crippen LogP contribution in [0.3, 0.4) is 0 Å². The van der Waals surface area contributed by atoms with E-state index in [2.05, 4.69) is 43.2 Å². The molecule has 1 heterocycles. The summed E-state index contributed by atoms with van der Waals surface area (Å²) < 4.78 is 14.3. The molecule has 1 fully saturated rings. The summed E-state index contributed by atoms with van der Waals surface area (Å²) in [6.45, 7) is 4.65. The Morgan fingerprint density at radius 3 is 2.40 bits per heavy atom. The molecule has 2 aromatic carbocycles. The van der Waals surface area contributed by atoms with Gasteiger partial charge < -0.3 is 0 Å². The fourth-order valence-corrected chi connectivity index (χ4v) is 3.15. The van der Waals surface area contributed by atoms with Gasteiger partial charge in [0.1, 0.15) is 5.82 Å². The van der Waals surface area contributed by atoms with Crippen LogP contribution >= 0.6 is 11.9 Å². The van der Waals surface area contributed by atoms with Crippen LogP contribution in [0.25, 0.3) is 5.69 Å². The molecule has 5 heteroatoms. The van der Waals surface area contributed by atoms with E-state index in [9.17, 15) is 4.39 Å². The Labute approximate surface area is 152 Å². The van der Waals surface area contributed by atoms with Crippen LogP contribution < -0.4 is 5.14 Å². The van der Waals surface area contributed by atoms with Crippen molar-refractivity contribution in [1.29, 1.82) is 0 Å². The van der Waals surface area contributed by atoms with Crippen LogP contribution in [-0.2, 0) is 0 Å². The maximum atomic E-state index is 12.7. The van der Waals surface area contributed by atoms with E-state index in [1.165, 1.54) is 36.1 Å². The van der Waals surface area contributed by atoms with Crippen molar-refractivity contribution in [3.8, 4) is 5.69 Å². The Hall–Kier alpha value is -2.11. The van der Waals surface area contributed by atoms with Gasteiger partial charge in [-0.3, -0.25) is 5.14 Å². The van der Waals surface area contributed by atoms with Gasteiger partial charge in [0.05, 0.1) is 5.69 Å². The number of halogens is 1. The van der Waals surface area contributed by atoms with Crippen LogP contribution in [0.1, 0.15) is 31.7 Å². The molecule has 1 atom stereocenters. The summed E-state index contributed by atoms with van der Waals surface area (Å²) in [7, 11) is 0. The zero-order valence-corrected chi connectivity index (χ0v) is 15.2. The molecule has 1 saturated carbocycles. The molecule has 1 aromatic heterocycles. The molecule has 0 radical (unpaired) electrons. The highest BCUT2D eigenvalue weighted by Crippen LogP contribution is 2.58. The Morgan fingerprint density at radius 2 is 1.88 bits per heavy atom. The maximum absolute atomic E-state index is 12.7. The topological polar surface area (TPSA) is 43.8 Å². The quantitative estimate of drug-likeness (QED) is 0.659. The van der Waals surface area contributed by atoms with Gasteiger partial charge in [-0.1, -0.05) is 32.0 Å². The Balaban J connectivity index is 0.000000146. The minimum Gasteiger partial charge on any atom is -0.274 e. The third-order valence-corrected chi connectivity index (χ3v) is 5.05.